The summed E-state index contributed by atoms with van der Waals surface area (Å²) in [6.45, 7) is 0.371. The lowest BCUT2D eigenvalue weighted by Gasteiger charge is -2.16. The van der Waals surface area contributed by atoms with Crippen LogP contribution in [0.15, 0.2) is 36.4 Å². The molecule has 0 radical (unpaired) electrons. The molecular formula is C15H17NO3S. The van der Waals surface area contributed by atoms with E-state index < -0.39 is 9.84 Å². The van der Waals surface area contributed by atoms with Gasteiger partial charge >= 0.3 is 0 Å². The number of sulfone groups is 1. The fourth-order valence-electron chi connectivity index (χ4n) is 2.67. The van der Waals surface area contributed by atoms with Crippen molar-refractivity contribution in [3.05, 3.63) is 42.0 Å². The van der Waals surface area contributed by atoms with Crippen LogP contribution in [-0.2, 0) is 16.4 Å². The summed E-state index contributed by atoms with van der Waals surface area (Å²) in [4.78, 5) is 0. The highest BCUT2D eigenvalue weighted by molar-refractivity contribution is 7.91. The molecule has 1 atom stereocenters. The van der Waals surface area contributed by atoms with Crippen molar-refractivity contribution in [3.63, 3.8) is 0 Å². The van der Waals surface area contributed by atoms with Crippen molar-refractivity contribution in [3.8, 4) is 5.75 Å². The molecule has 5 heteroatoms. The molecule has 1 aliphatic rings. The lowest BCUT2D eigenvalue weighted by Crippen LogP contribution is -2.19. The van der Waals surface area contributed by atoms with Gasteiger partial charge in [-0.3, -0.25) is 0 Å². The first kappa shape index (κ1) is 13.4. The van der Waals surface area contributed by atoms with Crippen LogP contribution in [0.5, 0.6) is 5.75 Å². The second-order valence-electron chi connectivity index (χ2n) is 5.11. The van der Waals surface area contributed by atoms with Crippen LogP contribution in [0.4, 0.5) is 0 Å². The zero-order chi connectivity index (χ0) is 14.2. The summed E-state index contributed by atoms with van der Waals surface area (Å²) in [7, 11) is -2.93. The number of benzene rings is 2. The van der Waals surface area contributed by atoms with E-state index in [1.807, 2.05) is 36.4 Å². The highest BCUT2D eigenvalue weighted by Gasteiger charge is 2.29. The third kappa shape index (κ3) is 2.51. The molecule has 2 N–H and O–H groups in total. The number of nitrogens with two attached hydrogens (primary N) is 1. The van der Waals surface area contributed by atoms with Crippen molar-refractivity contribution in [2.24, 2.45) is 5.73 Å². The quantitative estimate of drug-likeness (QED) is 0.937. The molecule has 0 spiro atoms. The minimum absolute atomic E-state index is 0.101. The number of fused-ring (bicyclic) bond motifs is 1. The zero-order valence-corrected chi connectivity index (χ0v) is 11.9. The molecule has 2 aromatic rings. The van der Waals surface area contributed by atoms with Crippen molar-refractivity contribution in [2.75, 3.05) is 11.5 Å². The summed E-state index contributed by atoms with van der Waals surface area (Å²) in [5.74, 6) is 1.01. The molecule has 0 amide bonds. The lowest BCUT2D eigenvalue weighted by atomic mass is 10.0. The number of ether oxygens (including phenoxy) is 1. The minimum Gasteiger partial charge on any atom is -0.489 e. The monoisotopic (exact) mass is 291 g/mol. The Balaban J connectivity index is 1.96. The summed E-state index contributed by atoms with van der Waals surface area (Å²) >= 11 is 0. The summed E-state index contributed by atoms with van der Waals surface area (Å²) in [5.41, 5.74) is 6.78. The zero-order valence-electron chi connectivity index (χ0n) is 11.1. The van der Waals surface area contributed by atoms with Gasteiger partial charge in [0.15, 0.2) is 9.84 Å². The average molecular weight is 291 g/mol. The molecule has 0 bridgehead atoms. The van der Waals surface area contributed by atoms with E-state index in [4.69, 9.17) is 10.5 Å². The van der Waals surface area contributed by atoms with Crippen molar-refractivity contribution < 1.29 is 13.2 Å². The fourth-order valence-corrected chi connectivity index (χ4v) is 4.26. The molecule has 3 rings (SSSR count). The summed E-state index contributed by atoms with van der Waals surface area (Å²) < 4.78 is 28.9. The van der Waals surface area contributed by atoms with Crippen LogP contribution in [-0.4, -0.2) is 26.0 Å². The number of hydrogen-bond acceptors (Lipinski definition) is 4. The molecule has 1 unspecified atom stereocenters. The molecule has 4 nitrogen and oxygen atoms in total. The third-order valence-electron chi connectivity index (χ3n) is 3.69. The van der Waals surface area contributed by atoms with Gasteiger partial charge in [-0.1, -0.05) is 30.3 Å². The van der Waals surface area contributed by atoms with Gasteiger partial charge in [0, 0.05) is 12.1 Å². The number of rotatable bonds is 3. The fraction of sp³-hybridized carbons (Fsp3) is 0.333. The van der Waals surface area contributed by atoms with Crippen LogP contribution in [0, 0.1) is 0 Å². The molecular weight excluding hydrogens is 274 g/mol. The Hall–Kier alpha value is -1.59. The molecule has 2 aromatic carbocycles. The Kier molecular flexibility index (Phi) is 3.40. The second kappa shape index (κ2) is 5.07. The maximum Gasteiger partial charge on any atom is 0.154 e. The van der Waals surface area contributed by atoms with E-state index in [-0.39, 0.29) is 17.6 Å². The lowest BCUT2D eigenvalue weighted by molar-refractivity contribution is 0.227. The standard InChI is InChI=1S/C15H17NO3S/c16-9-14-13-4-2-1-3-11(13)5-6-15(14)19-12-7-8-20(17,18)10-12/h1-6,12H,7-10,16H2. The van der Waals surface area contributed by atoms with Gasteiger partial charge in [0.25, 0.3) is 0 Å². The summed E-state index contributed by atoms with van der Waals surface area (Å²) in [6.07, 6.45) is 0.297. The minimum atomic E-state index is -2.93. The van der Waals surface area contributed by atoms with E-state index in [9.17, 15) is 8.42 Å². The topological polar surface area (TPSA) is 69.4 Å². The summed E-state index contributed by atoms with van der Waals surface area (Å²) in [5, 5.41) is 2.17. The molecule has 0 saturated carbocycles. The second-order valence-corrected chi connectivity index (χ2v) is 7.34. The smallest absolute Gasteiger partial charge is 0.154 e. The Morgan fingerprint density at radius 3 is 2.70 bits per heavy atom. The van der Waals surface area contributed by atoms with Gasteiger partial charge in [-0.2, -0.15) is 0 Å². The Morgan fingerprint density at radius 1 is 1.20 bits per heavy atom. The highest BCUT2D eigenvalue weighted by Crippen LogP contribution is 2.30. The molecule has 1 heterocycles. The molecule has 20 heavy (non-hydrogen) atoms. The first-order chi connectivity index (χ1) is 9.59. The highest BCUT2D eigenvalue weighted by atomic mass is 32.2. The molecule has 1 saturated heterocycles. The van der Waals surface area contributed by atoms with Gasteiger partial charge in [0.2, 0.25) is 0 Å². The van der Waals surface area contributed by atoms with E-state index in [2.05, 4.69) is 0 Å². The van der Waals surface area contributed by atoms with Crippen molar-refractivity contribution >= 4 is 20.6 Å². The average Bonchev–Trinajstić information content (AvgIpc) is 2.78. The molecule has 1 fully saturated rings. The molecule has 0 aliphatic carbocycles. The summed E-state index contributed by atoms with van der Waals surface area (Å²) in [6, 6.07) is 11.8. The Labute approximate surface area is 118 Å². The van der Waals surface area contributed by atoms with Gasteiger partial charge < -0.3 is 10.5 Å². The van der Waals surface area contributed by atoms with E-state index in [1.54, 1.807) is 0 Å². The normalized spacial score (nSPS) is 21.1. The molecule has 106 valence electrons. The molecule has 1 aliphatic heterocycles. The van der Waals surface area contributed by atoms with Gasteiger partial charge in [-0.25, -0.2) is 8.42 Å². The SMILES string of the molecule is NCc1c(OC2CCS(=O)(=O)C2)ccc2ccccc12. The van der Waals surface area contributed by atoms with Crippen LogP contribution in [0.2, 0.25) is 0 Å². The Morgan fingerprint density at radius 2 is 2.00 bits per heavy atom. The van der Waals surface area contributed by atoms with Crippen molar-refractivity contribution in [2.45, 2.75) is 19.1 Å². The predicted octanol–water partition coefficient (Wildman–Crippen LogP) is 1.86. The largest absolute Gasteiger partial charge is 0.489 e. The molecule has 0 aromatic heterocycles. The van der Waals surface area contributed by atoms with Crippen LogP contribution < -0.4 is 10.5 Å². The van der Waals surface area contributed by atoms with Crippen LogP contribution >= 0.6 is 0 Å². The third-order valence-corrected chi connectivity index (χ3v) is 5.42. The van der Waals surface area contributed by atoms with Crippen LogP contribution in [0.25, 0.3) is 10.8 Å². The van der Waals surface area contributed by atoms with Gasteiger partial charge in [0.05, 0.1) is 11.5 Å². The van der Waals surface area contributed by atoms with Gasteiger partial charge in [-0.15, -0.1) is 0 Å². The predicted molar refractivity (Wildman–Crippen MR) is 79.5 cm³/mol. The van der Waals surface area contributed by atoms with E-state index >= 15 is 0 Å². The van der Waals surface area contributed by atoms with Gasteiger partial charge in [-0.05, 0) is 23.3 Å². The van der Waals surface area contributed by atoms with Gasteiger partial charge in [0.1, 0.15) is 11.9 Å². The van der Waals surface area contributed by atoms with E-state index in [0.717, 1.165) is 16.3 Å². The maximum atomic E-state index is 11.5. The van der Waals surface area contributed by atoms with Crippen molar-refractivity contribution in [1.29, 1.82) is 0 Å². The van der Waals surface area contributed by atoms with E-state index in [1.165, 1.54) is 0 Å². The first-order valence-electron chi connectivity index (χ1n) is 6.67. The van der Waals surface area contributed by atoms with Crippen molar-refractivity contribution in [1.82, 2.24) is 0 Å². The van der Waals surface area contributed by atoms with Crippen LogP contribution in [0.3, 0.4) is 0 Å². The van der Waals surface area contributed by atoms with E-state index in [0.29, 0.717) is 18.7 Å². The first-order valence-corrected chi connectivity index (χ1v) is 8.49. The Bertz CT molecular complexity index is 740. The number of hydrogen-bond donors (Lipinski definition) is 1. The maximum absolute atomic E-state index is 11.5. The van der Waals surface area contributed by atoms with Crippen LogP contribution in [0.1, 0.15) is 12.0 Å².